The van der Waals surface area contributed by atoms with Gasteiger partial charge in [-0.2, -0.15) is 0 Å². The summed E-state index contributed by atoms with van der Waals surface area (Å²) in [5.74, 6) is 6.56. The Morgan fingerprint density at radius 3 is 2.78 bits per heavy atom. The minimum Gasteiger partial charge on any atom is -0.497 e. The molecule has 0 aliphatic carbocycles. The second-order valence-electron chi connectivity index (χ2n) is 7.03. The van der Waals surface area contributed by atoms with Gasteiger partial charge in [-0.1, -0.05) is 26.3 Å². The number of hydrogen-bond acceptors (Lipinski definition) is 4. The van der Waals surface area contributed by atoms with E-state index in [1.54, 1.807) is 7.11 Å². The molecule has 0 aromatic heterocycles. The van der Waals surface area contributed by atoms with Crippen molar-refractivity contribution in [3.8, 4) is 5.75 Å². The van der Waals surface area contributed by atoms with Crippen LogP contribution in [0.15, 0.2) is 18.2 Å². The first kappa shape index (κ1) is 17.6. The molecule has 0 radical (unpaired) electrons. The smallest absolute Gasteiger partial charge is 0.256 e. The van der Waals surface area contributed by atoms with Gasteiger partial charge >= 0.3 is 0 Å². The van der Waals surface area contributed by atoms with Crippen molar-refractivity contribution in [2.45, 2.75) is 64.5 Å². The number of nitrogens with one attached hydrogen (secondary N) is 1. The minimum absolute atomic E-state index is 0.134. The molecule has 0 unspecified atom stereocenters. The van der Waals surface area contributed by atoms with Crippen molar-refractivity contribution < 1.29 is 9.53 Å². The maximum absolute atomic E-state index is 12.4. The van der Waals surface area contributed by atoms with Crippen LogP contribution in [0.1, 0.15) is 58.4 Å². The molecule has 0 bridgehead atoms. The van der Waals surface area contributed by atoms with Crippen LogP contribution in [0, 0.1) is 0 Å². The number of hydrazine groups is 1. The maximum Gasteiger partial charge on any atom is 0.256 e. The number of ether oxygens (including phenoxy) is 1. The van der Waals surface area contributed by atoms with E-state index in [2.05, 4.69) is 44.1 Å². The van der Waals surface area contributed by atoms with Crippen LogP contribution in [-0.2, 0) is 4.79 Å². The predicted molar refractivity (Wildman–Crippen MR) is 93.6 cm³/mol. The first-order valence-corrected chi connectivity index (χ1v) is 8.33. The molecule has 0 fully saturated rings. The summed E-state index contributed by atoms with van der Waals surface area (Å²) in [4.78, 5) is 14.7. The van der Waals surface area contributed by atoms with Crippen molar-refractivity contribution in [1.29, 1.82) is 0 Å². The second-order valence-corrected chi connectivity index (χ2v) is 7.03. The Morgan fingerprint density at radius 2 is 2.22 bits per heavy atom. The molecular formula is C18H29N3O2. The molecule has 0 saturated heterocycles. The first-order valence-electron chi connectivity index (χ1n) is 8.33. The number of carbonyl (C=O) groups excluding carboxylic acids is 1. The SMILES string of the molecule is CCC[C@@H](C(=O)NN)N1c2cc(OC)ccc2[C@@H](C)CC1(C)C. The number of anilines is 1. The quantitative estimate of drug-likeness (QED) is 0.497. The predicted octanol–water partition coefficient (Wildman–Crippen LogP) is 2.95. The lowest BCUT2D eigenvalue weighted by Crippen LogP contribution is -2.59. The Kier molecular flexibility index (Phi) is 5.19. The number of amides is 1. The molecule has 0 saturated carbocycles. The van der Waals surface area contributed by atoms with E-state index in [-0.39, 0.29) is 17.5 Å². The molecule has 1 aromatic carbocycles. The third-order valence-electron chi connectivity index (χ3n) is 4.80. The summed E-state index contributed by atoms with van der Waals surface area (Å²) in [7, 11) is 1.67. The summed E-state index contributed by atoms with van der Waals surface area (Å²) in [5, 5.41) is 0. The molecular weight excluding hydrogens is 290 g/mol. The zero-order chi connectivity index (χ0) is 17.2. The zero-order valence-electron chi connectivity index (χ0n) is 14.8. The molecule has 1 amide bonds. The highest BCUT2D eigenvalue weighted by Gasteiger charge is 2.42. The molecule has 23 heavy (non-hydrogen) atoms. The van der Waals surface area contributed by atoms with Crippen molar-refractivity contribution >= 4 is 11.6 Å². The van der Waals surface area contributed by atoms with Crippen LogP contribution in [-0.4, -0.2) is 24.6 Å². The molecule has 1 heterocycles. The molecule has 1 aliphatic heterocycles. The van der Waals surface area contributed by atoms with Crippen LogP contribution in [0.3, 0.4) is 0 Å². The highest BCUT2D eigenvalue weighted by atomic mass is 16.5. The van der Waals surface area contributed by atoms with Crippen LogP contribution >= 0.6 is 0 Å². The summed E-state index contributed by atoms with van der Waals surface area (Å²) >= 11 is 0. The molecule has 3 N–H and O–H groups in total. The molecule has 128 valence electrons. The Hall–Kier alpha value is -1.75. The van der Waals surface area contributed by atoms with Gasteiger partial charge in [-0.3, -0.25) is 10.2 Å². The van der Waals surface area contributed by atoms with Gasteiger partial charge in [-0.15, -0.1) is 0 Å². The molecule has 1 aliphatic rings. The molecule has 1 aromatic rings. The summed E-state index contributed by atoms with van der Waals surface area (Å²) in [6, 6.07) is 5.87. The van der Waals surface area contributed by atoms with Crippen molar-refractivity contribution in [1.82, 2.24) is 5.43 Å². The van der Waals surface area contributed by atoms with Crippen molar-refractivity contribution in [2.75, 3.05) is 12.0 Å². The first-order chi connectivity index (χ1) is 10.9. The lowest BCUT2D eigenvalue weighted by molar-refractivity contribution is -0.123. The van der Waals surface area contributed by atoms with E-state index in [1.165, 1.54) is 5.56 Å². The molecule has 5 heteroatoms. The highest BCUT2D eigenvalue weighted by Crippen LogP contribution is 2.46. The number of carbonyl (C=O) groups is 1. The van der Waals surface area contributed by atoms with Crippen LogP contribution in [0.4, 0.5) is 5.69 Å². The average Bonchev–Trinajstić information content (AvgIpc) is 2.51. The lowest BCUT2D eigenvalue weighted by atomic mass is 9.78. The fourth-order valence-corrected chi connectivity index (χ4v) is 3.90. The van der Waals surface area contributed by atoms with E-state index in [0.717, 1.165) is 30.7 Å². The fourth-order valence-electron chi connectivity index (χ4n) is 3.90. The van der Waals surface area contributed by atoms with Crippen LogP contribution in [0.25, 0.3) is 0 Å². The topological polar surface area (TPSA) is 67.6 Å². The highest BCUT2D eigenvalue weighted by molar-refractivity contribution is 5.86. The fraction of sp³-hybridized carbons (Fsp3) is 0.611. The van der Waals surface area contributed by atoms with Gasteiger partial charge in [0.1, 0.15) is 11.8 Å². The Morgan fingerprint density at radius 1 is 1.52 bits per heavy atom. The average molecular weight is 319 g/mol. The zero-order valence-corrected chi connectivity index (χ0v) is 14.8. The Bertz CT molecular complexity index is 571. The van der Waals surface area contributed by atoms with Gasteiger partial charge < -0.3 is 9.64 Å². The van der Waals surface area contributed by atoms with E-state index >= 15 is 0 Å². The Balaban J connectivity index is 2.59. The number of rotatable bonds is 5. The monoisotopic (exact) mass is 319 g/mol. The van der Waals surface area contributed by atoms with E-state index in [1.807, 2.05) is 12.1 Å². The van der Waals surface area contributed by atoms with Crippen LogP contribution < -0.4 is 20.9 Å². The van der Waals surface area contributed by atoms with Gasteiger partial charge in [-0.25, -0.2) is 5.84 Å². The summed E-state index contributed by atoms with van der Waals surface area (Å²) in [6.07, 6.45) is 2.67. The van der Waals surface area contributed by atoms with E-state index in [0.29, 0.717) is 5.92 Å². The van der Waals surface area contributed by atoms with Gasteiger partial charge in [0.15, 0.2) is 0 Å². The third kappa shape index (κ3) is 3.29. The maximum atomic E-state index is 12.4. The molecule has 2 atom stereocenters. The summed E-state index contributed by atoms with van der Waals surface area (Å²) in [6.45, 7) is 8.71. The van der Waals surface area contributed by atoms with Gasteiger partial charge in [0, 0.05) is 17.3 Å². The van der Waals surface area contributed by atoms with Gasteiger partial charge in [0.05, 0.1) is 7.11 Å². The second kappa shape index (κ2) is 6.79. The van der Waals surface area contributed by atoms with Crippen molar-refractivity contribution in [3.05, 3.63) is 23.8 Å². The molecule has 0 spiro atoms. The number of benzene rings is 1. The summed E-state index contributed by atoms with van der Waals surface area (Å²) < 4.78 is 5.41. The number of nitrogens with zero attached hydrogens (tertiary/aromatic N) is 1. The third-order valence-corrected chi connectivity index (χ3v) is 4.80. The van der Waals surface area contributed by atoms with E-state index in [9.17, 15) is 4.79 Å². The Labute approximate surface area is 139 Å². The number of hydrogen-bond donors (Lipinski definition) is 2. The lowest BCUT2D eigenvalue weighted by Gasteiger charge is -2.50. The van der Waals surface area contributed by atoms with Crippen LogP contribution in [0.2, 0.25) is 0 Å². The standard InChI is InChI=1S/C18H29N3O2/c1-6-7-15(17(22)20-19)21-16-10-13(23-5)8-9-14(16)12(2)11-18(21,3)4/h8-10,12,15H,6-7,11,19H2,1-5H3,(H,20,22)/t12-,15-/m0/s1. The van der Waals surface area contributed by atoms with E-state index in [4.69, 9.17) is 10.6 Å². The van der Waals surface area contributed by atoms with Crippen molar-refractivity contribution in [2.24, 2.45) is 5.84 Å². The van der Waals surface area contributed by atoms with Gasteiger partial charge in [0.2, 0.25) is 0 Å². The number of nitrogens with two attached hydrogens (primary N) is 1. The molecule has 2 rings (SSSR count). The van der Waals surface area contributed by atoms with Crippen LogP contribution in [0.5, 0.6) is 5.75 Å². The van der Waals surface area contributed by atoms with Crippen molar-refractivity contribution in [3.63, 3.8) is 0 Å². The molecule has 5 nitrogen and oxygen atoms in total. The van der Waals surface area contributed by atoms with E-state index < -0.39 is 0 Å². The van der Waals surface area contributed by atoms with Gasteiger partial charge in [0.25, 0.3) is 5.91 Å². The van der Waals surface area contributed by atoms with Gasteiger partial charge in [-0.05, 0) is 44.2 Å². The summed E-state index contributed by atoms with van der Waals surface area (Å²) in [5.41, 5.74) is 4.55. The minimum atomic E-state index is -0.279. The normalized spacial score (nSPS) is 20.6. The largest absolute Gasteiger partial charge is 0.497 e. The number of methoxy groups -OCH3 is 1. The number of fused-ring (bicyclic) bond motifs is 1.